The smallest absolute Gasteiger partial charge is 0.143 e. The van der Waals surface area contributed by atoms with Crippen molar-refractivity contribution in [2.24, 2.45) is 0 Å². The van der Waals surface area contributed by atoms with E-state index in [0.717, 1.165) is 23.8 Å². The third-order valence-electron chi connectivity index (χ3n) is 2.07. The summed E-state index contributed by atoms with van der Waals surface area (Å²) in [5.41, 5.74) is 5.52. The molecule has 2 N–H and O–H groups in total. The molecule has 4 nitrogen and oxygen atoms in total. The number of nitrogen functional groups attached to an aromatic ring is 1. The van der Waals surface area contributed by atoms with E-state index >= 15 is 0 Å². The molecule has 0 aromatic carbocycles. The molecule has 0 aliphatic carbocycles. The number of ether oxygens (including phenoxy) is 1. The zero-order valence-electron chi connectivity index (χ0n) is 7.85. The summed E-state index contributed by atoms with van der Waals surface area (Å²) >= 11 is 1.65. The second-order valence-corrected chi connectivity index (χ2v) is 4.27. The van der Waals surface area contributed by atoms with Crippen molar-refractivity contribution < 1.29 is 4.74 Å². The molecule has 0 bridgehead atoms. The Kier molecular flexibility index (Phi) is 3.21. The minimum absolute atomic E-state index is 0.378. The standard InChI is InChI=1S/C9H13N3OS/c10-8-4-11-5-9(12-8)14-6-7-2-1-3-13-7/h4-5,7H,1-3,6H2,(H2,10,12). The van der Waals surface area contributed by atoms with Gasteiger partial charge in [0.15, 0.2) is 0 Å². The molecule has 76 valence electrons. The highest BCUT2D eigenvalue weighted by Gasteiger charge is 2.15. The van der Waals surface area contributed by atoms with Crippen molar-refractivity contribution in [2.45, 2.75) is 24.0 Å². The number of hydrogen-bond acceptors (Lipinski definition) is 5. The van der Waals surface area contributed by atoms with E-state index in [1.165, 1.54) is 6.42 Å². The van der Waals surface area contributed by atoms with Gasteiger partial charge in [0, 0.05) is 12.4 Å². The Morgan fingerprint density at radius 1 is 1.57 bits per heavy atom. The second-order valence-electron chi connectivity index (χ2n) is 3.23. The van der Waals surface area contributed by atoms with Crippen molar-refractivity contribution in [1.82, 2.24) is 9.97 Å². The van der Waals surface area contributed by atoms with Gasteiger partial charge in [0.1, 0.15) is 10.8 Å². The van der Waals surface area contributed by atoms with E-state index in [1.54, 1.807) is 24.2 Å². The van der Waals surface area contributed by atoms with Crippen molar-refractivity contribution in [3.05, 3.63) is 12.4 Å². The van der Waals surface area contributed by atoms with E-state index in [2.05, 4.69) is 9.97 Å². The molecule has 1 aliphatic rings. The van der Waals surface area contributed by atoms with Gasteiger partial charge in [0.2, 0.25) is 0 Å². The Hall–Kier alpha value is -0.810. The van der Waals surface area contributed by atoms with Gasteiger partial charge in [-0.15, -0.1) is 11.8 Å². The number of anilines is 1. The van der Waals surface area contributed by atoms with Crippen LogP contribution in [-0.4, -0.2) is 28.4 Å². The largest absolute Gasteiger partial charge is 0.382 e. The molecule has 1 fully saturated rings. The van der Waals surface area contributed by atoms with Crippen molar-refractivity contribution in [2.75, 3.05) is 18.1 Å². The van der Waals surface area contributed by atoms with Gasteiger partial charge in [-0.2, -0.15) is 0 Å². The maximum absolute atomic E-state index is 5.52. The summed E-state index contributed by atoms with van der Waals surface area (Å²) < 4.78 is 5.50. The van der Waals surface area contributed by atoms with Gasteiger partial charge in [0.05, 0.1) is 18.5 Å². The zero-order chi connectivity index (χ0) is 9.80. The van der Waals surface area contributed by atoms with E-state index in [-0.39, 0.29) is 0 Å². The van der Waals surface area contributed by atoms with Crippen LogP contribution in [0, 0.1) is 0 Å². The van der Waals surface area contributed by atoms with E-state index in [9.17, 15) is 0 Å². The fraction of sp³-hybridized carbons (Fsp3) is 0.556. The molecule has 1 saturated heterocycles. The van der Waals surface area contributed by atoms with E-state index in [0.29, 0.717) is 11.9 Å². The minimum atomic E-state index is 0.378. The molecule has 2 heterocycles. The summed E-state index contributed by atoms with van der Waals surface area (Å²) in [6.07, 6.45) is 5.99. The third kappa shape index (κ3) is 2.59. The lowest BCUT2D eigenvalue weighted by Gasteiger charge is -2.07. The molecule has 2 rings (SSSR count). The molecule has 1 aromatic rings. The predicted octanol–water partition coefficient (Wildman–Crippen LogP) is 1.33. The predicted molar refractivity (Wildman–Crippen MR) is 56.1 cm³/mol. The van der Waals surface area contributed by atoms with Gasteiger partial charge in [-0.25, -0.2) is 4.98 Å². The maximum Gasteiger partial charge on any atom is 0.143 e. The topological polar surface area (TPSA) is 61.0 Å². The highest BCUT2D eigenvalue weighted by molar-refractivity contribution is 7.99. The Morgan fingerprint density at radius 3 is 3.21 bits per heavy atom. The van der Waals surface area contributed by atoms with E-state index in [1.807, 2.05) is 0 Å². The van der Waals surface area contributed by atoms with Crippen LogP contribution in [0.25, 0.3) is 0 Å². The van der Waals surface area contributed by atoms with Gasteiger partial charge < -0.3 is 10.5 Å². The molecule has 1 aliphatic heterocycles. The Bertz CT molecular complexity index is 302. The van der Waals surface area contributed by atoms with Crippen LogP contribution in [0.15, 0.2) is 17.4 Å². The van der Waals surface area contributed by atoms with Crippen LogP contribution in [0.4, 0.5) is 5.82 Å². The number of nitrogens with zero attached hydrogens (tertiary/aromatic N) is 2. The fourth-order valence-corrected chi connectivity index (χ4v) is 2.31. The number of aromatic nitrogens is 2. The van der Waals surface area contributed by atoms with Crippen molar-refractivity contribution in [3.63, 3.8) is 0 Å². The normalized spacial score (nSPS) is 21.3. The summed E-state index contributed by atoms with van der Waals surface area (Å²) in [6.45, 7) is 0.897. The van der Waals surface area contributed by atoms with Gasteiger partial charge in [-0.3, -0.25) is 4.98 Å². The first-order chi connectivity index (χ1) is 6.84. The highest BCUT2D eigenvalue weighted by atomic mass is 32.2. The van der Waals surface area contributed by atoms with Crippen molar-refractivity contribution in [1.29, 1.82) is 0 Å². The van der Waals surface area contributed by atoms with Crippen LogP contribution in [0.5, 0.6) is 0 Å². The monoisotopic (exact) mass is 211 g/mol. The first-order valence-electron chi connectivity index (χ1n) is 4.66. The molecular weight excluding hydrogens is 198 g/mol. The summed E-state index contributed by atoms with van der Waals surface area (Å²) in [5.74, 6) is 1.42. The van der Waals surface area contributed by atoms with E-state index < -0.39 is 0 Å². The van der Waals surface area contributed by atoms with Crippen molar-refractivity contribution >= 4 is 17.6 Å². The maximum atomic E-state index is 5.52. The highest BCUT2D eigenvalue weighted by Crippen LogP contribution is 2.21. The molecule has 0 radical (unpaired) electrons. The molecule has 0 saturated carbocycles. The summed E-state index contributed by atoms with van der Waals surface area (Å²) in [4.78, 5) is 8.14. The Balaban J connectivity index is 1.85. The van der Waals surface area contributed by atoms with Crippen LogP contribution >= 0.6 is 11.8 Å². The number of nitrogens with two attached hydrogens (primary N) is 1. The van der Waals surface area contributed by atoms with Gasteiger partial charge in [0.25, 0.3) is 0 Å². The van der Waals surface area contributed by atoms with E-state index in [4.69, 9.17) is 10.5 Å². The quantitative estimate of drug-likeness (QED) is 0.764. The molecule has 1 unspecified atom stereocenters. The van der Waals surface area contributed by atoms with Crippen molar-refractivity contribution in [3.8, 4) is 0 Å². The molecular formula is C9H13N3OS. The molecule has 1 atom stereocenters. The van der Waals surface area contributed by atoms with Crippen LogP contribution in [0.2, 0.25) is 0 Å². The summed E-state index contributed by atoms with van der Waals surface area (Å²) in [7, 11) is 0. The molecule has 5 heteroatoms. The third-order valence-corrected chi connectivity index (χ3v) is 3.10. The first kappa shape index (κ1) is 9.73. The Labute approximate surface area is 87.3 Å². The number of thioether (sulfide) groups is 1. The summed E-state index contributed by atoms with van der Waals surface area (Å²) in [6, 6.07) is 0. The van der Waals surface area contributed by atoms with Crippen LogP contribution in [0.1, 0.15) is 12.8 Å². The van der Waals surface area contributed by atoms with Crippen LogP contribution < -0.4 is 5.73 Å². The average molecular weight is 211 g/mol. The zero-order valence-corrected chi connectivity index (χ0v) is 8.67. The van der Waals surface area contributed by atoms with Gasteiger partial charge >= 0.3 is 0 Å². The molecule has 14 heavy (non-hydrogen) atoms. The van der Waals surface area contributed by atoms with Crippen LogP contribution in [-0.2, 0) is 4.74 Å². The molecule has 0 spiro atoms. The van der Waals surface area contributed by atoms with Gasteiger partial charge in [-0.1, -0.05) is 0 Å². The second kappa shape index (κ2) is 4.61. The number of rotatable bonds is 3. The first-order valence-corrected chi connectivity index (χ1v) is 5.65. The van der Waals surface area contributed by atoms with Crippen LogP contribution in [0.3, 0.4) is 0 Å². The summed E-state index contributed by atoms with van der Waals surface area (Å²) in [5, 5.41) is 0.875. The Morgan fingerprint density at radius 2 is 2.50 bits per heavy atom. The fourth-order valence-electron chi connectivity index (χ4n) is 1.39. The lowest BCUT2D eigenvalue weighted by Crippen LogP contribution is -2.08. The van der Waals surface area contributed by atoms with Gasteiger partial charge in [-0.05, 0) is 12.8 Å². The lowest BCUT2D eigenvalue weighted by atomic mass is 10.3. The minimum Gasteiger partial charge on any atom is -0.382 e. The SMILES string of the molecule is Nc1cncc(SCC2CCCO2)n1. The molecule has 1 aromatic heterocycles. The number of hydrogen-bond donors (Lipinski definition) is 1. The molecule has 0 amide bonds. The lowest BCUT2D eigenvalue weighted by molar-refractivity contribution is 0.129. The average Bonchev–Trinajstić information content (AvgIpc) is 2.67.